The van der Waals surface area contributed by atoms with Crippen LogP contribution in [0.2, 0.25) is 0 Å². The molecule has 0 fully saturated rings. The fourth-order valence-corrected chi connectivity index (χ4v) is 0.485. The van der Waals surface area contributed by atoms with Gasteiger partial charge in [-0.15, -0.1) is 0 Å². The Bertz CT molecular complexity index is 196. The molecule has 0 atom stereocenters. The van der Waals surface area contributed by atoms with Crippen LogP contribution in [0.25, 0.3) is 0 Å². The monoisotopic (exact) mass is 144 g/mol. The van der Waals surface area contributed by atoms with Crippen LogP contribution in [-0.2, 0) is 0 Å². The van der Waals surface area contributed by atoms with Gasteiger partial charge in [0.25, 0.3) is 0 Å². The molecule has 1 aromatic heterocycles. The summed E-state index contributed by atoms with van der Waals surface area (Å²) in [7, 11) is 0. The number of carbonyl (C=O) groups is 1. The second kappa shape index (κ2) is 2.54. The zero-order valence-electron chi connectivity index (χ0n) is 4.39. The predicted octanol–water partition coefficient (Wildman–Crippen LogP) is 0.361. The van der Waals surface area contributed by atoms with E-state index in [1.54, 1.807) is 0 Å². The first-order valence-electron chi connectivity index (χ1n) is 2.18. The molecule has 0 radical (unpaired) electrons. The lowest BCUT2D eigenvalue weighted by molar-refractivity contribution is 0.161. The molecule has 0 bridgehead atoms. The maximum atomic E-state index is 10.1. The van der Waals surface area contributed by atoms with Crippen molar-refractivity contribution in [3.8, 4) is 0 Å². The van der Waals surface area contributed by atoms with Gasteiger partial charge in [-0.2, -0.15) is 4.73 Å². The highest BCUT2D eigenvalue weighted by Gasteiger charge is 1.92. The Morgan fingerprint density at radius 2 is 2.56 bits per heavy atom. The second-order valence-corrected chi connectivity index (χ2v) is 1.64. The maximum Gasteiger partial charge on any atom is 0.388 e. The molecule has 1 heterocycles. The SMILES string of the molecule is O=C(S)On1ccnc1. The van der Waals surface area contributed by atoms with Crippen molar-refractivity contribution in [2.75, 3.05) is 0 Å². The molecule has 4 nitrogen and oxygen atoms in total. The zero-order chi connectivity index (χ0) is 6.69. The second-order valence-electron chi connectivity index (χ2n) is 1.28. The molecule has 0 spiro atoms. The van der Waals surface area contributed by atoms with E-state index in [2.05, 4.69) is 22.5 Å². The van der Waals surface area contributed by atoms with Gasteiger partial charge in [0.05, 0.1) is 6.20 Å². The molecule has 48 valence electrons. The van der Waals surface area contributed by atoms with Gasteiger partial charge in [-0.3, -0.25) is 0 Å². The number of hydrogen-bond acceptors (Lipinski definition) is 3. The van der Waals surface area contributed by atoms with Gasteiger partial charge in [-0.25, -0.2) is 9.78 Å². The Morgan fingerprint density at radius 1 is 1.78 bits per heavy atom. The fourth-order valence-electron chi connectivity index (χ4n) is 0.391. The number of hydrogen-bond donors (Lipinski definition) is 1. The molecule has 5 heteroatoms. The van der Waals surface area contributed by atoms with E-state index in [-0.39, 0.29) is 0 Å². The molecule has 0 N–H and O–H groups in total. The van der Waals surface area contributed by atoms with Gasteiger partial charge >= 0.3 is 5.30 Å². The van der Waals surface area contributed by atoms with Crippen LogP contribution in [0.3, 0.4) is 0 Å². The lowest BCUT2D eigenvalue weighted by Gasteiger charge is -1.95. The summed E-state index contributed by atoms with van der Waals surface area (Å²) in [5, 5.41) is -0.659. The minimum absolute atomic E-state index is 0.659. The zero-order valence-corrected chi connectivity index (χ0v) is 5.28. The van der Waals surface area contributed by atoms with E-state index >= 15 is 0 Å². The molecule has 0 unspecified atom stereocenters. The van der Waals surface area contributed by atoms with Crippen LogP contribution in [0.4, 0.5) is 4.79 Å². The van der Waals surface area contributed by atoms with E-state index in [0.717, 1.165) is 4.73 Å². The van der Waals surface area contributed by atoms with E-state index in [1.165, 1.54) is 18.7 Å². The topological polar surface area (TPSA) is 44.1 Å². The lowest BCUT2D eigenvalue weighted by atomic mass is 11.0. The summed E-state index contributed by atoms with van der Waals surface area (Å²) in [4.78, 5) is 18.2. The third-order valence-electron chi connectivity index (χ3n) is 0.664. The Balaban J connectivity index is 2.58. The number of carbonyl (C=O) groups excluding carboxylic acids is 1. The minimum Gasteiger partial charge on any atom is -0.325 e. The van der Waals surface area contributed by atoms with Crippen LogP contribution >= 0.6 is 12.6 Å². The van der Waals surface area contributed by atoms with Gasteiger partial charge < -0.3 is 4.84 Å². The highest BCUT2D eigenvalue weighted by molar-refractivity contribution is 7.96. The molecule has 0 aliphatic carbocycles. The summed E-state index contributed by atoms with van der Waals surface area (Å²) in [6.45, 7) is 0. The normalized spacial score (nSPS) is 9.00. The quantitative estimate of drug-likeness (QED) is 0.579. The predicted molar refractivity (Wildman–Crippen MR) is 33.2 cm³/mol. The van der Waals surface area contributed by atoms with Gasteiger partial charge in [0, 0.05) is 6.20 Å². The third kappa shape index (κ3) is 1.77. The summed E-state index contributed by atoms with van der Waals surface area (Å²) in [5.41, 5.74) is 0. The molecule has 9 heavy (non-hydrogen) atoms. The number of aromatic nitrogens is 2. The summed E-state index contributed by atoms with van der Waals surface area (Å²) in [6.07, 6.45) is 4.35. The van der Waals surface area contributed by atoms with Crippen LogP contribution in [0.5, 0.6) is 0 Å². The largest absolute Gasteiger partial charge is 0.388 e. The average molecular weight is 144 g/mol. The Morgan fingerprint density at radius 3 is 3.00 bits per heavy atom. The van der Waals surface area contributed by atoms with Crippen LogP contribution in [0.15, 0.2) is 18.7 Å². The first-order chi connectivity index (χ1) is 4.29. The molecule has 0 aliphatic heterocycles. The minimum atomic E-state index is -0.659. The number of rotatable bonds is 1. The molecule has 0 saturated heterocycles. The molecule has 0 saturated carbocycles. The summed E-state index contributed by atoms with van der Waals surface area (Å²) < 4.78 is 1.16. The molecule has 1 aromatic rings. The fraction of sp³-hybridized carbons (Fsp3) is 0. The van der Waals surface area contributed by atoms with E-state index in [9.17, 15) is 4.79 Å². The third-order valence-corrected chi connectivity index (χ3v) is 0.745. The molecule has 0 amide bonds. The van der Waals surface area contributed by atoms with Crippen LogP contribution in [0, 0.1) is 0 Å². The van der Waals surface area contributed by atoms with Crippen molar-refractivity contribution in [2.24, 2.45) is 0 Å². The Kier molecular flexibility index (Phi) is 1.74. The van der Waals surface area contributed by atoms with E-state index in [4.69, 9.17) is 0 Å². The van der Waals surface area contributed by atoms with E-state index in [1.807, 2.05) is 0 Å². The van der Waals surface area contributed by atoms with Gasteiger partial charge in [0.1, 0.15) is 6.33 Å². The van der Waals surface area contributed by atoms with Crippen molar-refractivity contribution in [1.29, 1.82) is 0 Å². The van der Waals surface area contributed by atoms with E-state index < -0.39 is 5.30 Å². The van der Waals surface area contributed by atoms with E-state index in [0.29, 0.717) is 0 Å². The van der Waals surface area contributed by atoms with Crippen molar-refractivity contribution in [3.63, 3.8) is 0 Å². The molecule has 0 aromatic carbocycles. The Labute approximate surface area is 56.8 Å². The maximum absolute atomic E-state index is 10.1. The summed E-state index contributed by atoms with van der Waals surface area (Å²) >= 11 is 3.37. The van der Waals surface area contributed by atoms with Crippen molar-refractivity contribution < 1.29 is 9.63 Å². The molecular weight excluding hydrogens is 140 g/mol. The Hall–Kier alpha value is -0.970. The smallest absolute Gasteiger partial charge is 0.325 e. The van der Waals surface area contributed by atoms with Crippen LogP contribution in [0.1, 0.15) is 0 Å². The van der Waals surface area contributed by atoms with Gasteiger partial charge in [0.15, 0.2) is 0 Å². The number of nitrogens with zero attached hydrogens (tertiary/aromatic N) is 2. The van der Waals surface area contributed by atoms with Gasteiger partial charge in [-0.1, -0.05) is 12.6 Å². The first-order valence-corrected chi connectivity index (χ1v) is 2.63. The molecular formula is C4H4N2O2S. The van der Waals surface area contributed by atoms with Crippen LogP contribution < -0.4 is 4.84 Å². The number of imidazole rings is 1. The van der Waals surface area contributed by atoms with Crippen molar-refractivity contribution in [3.05, 3.63) is 18.7 Å². The highest BCUT2D eigenvalue weighted by Crippen LogP contribution is 1.84. The average Bonchev–Trinajstić information content (AvgIpc) is 2.15. The van der Waals surface area contributed by atoms with Crippen molar-refractivity contribution >= 4 is 17.9 Å². The molecule has 0 aliphatic rings. The molecule has 1 rings (SSSR count). The van der Waals surface area contributed by atoms with Crippen molar-refractivity contribution in [1.82, 2.24) is 9.71 Å². The lowest BCUT2D eigenvalue weighted by Crippen LogP contribution is -2.10. The highest BCUT2D eigenvalue weighted by atomic mass is 32.1. The summed E-state index contributed by atoms with van der Waals surface area (Å²) in [6, 6.07) is 0. The van der Waals surface area contributed by atoms with Crippen molar-refractivity contribution in [2.45, 2.75) is 0 Å². The van der Waals surface area contributed by atoms with Gasteiger partial charge in [-0.05, 0) is 0 Å². The number of thiol groups is 1. The first kappa shape index (κ1) is 6.15. The van der Waals surface area contributed by atoms with Crippen LogP contribution in [-0.4, -0.2) is 15.0 Å². The standard InChI is InChI=1S/C4H4N2O2S/c7-4(9)8-6-2-1-5-3-6/h1-3H,(H,7,9). The van der Waals surface area contributed by atoms with Gasteiger partial charge in [0.2, 0.25) is 0 Å². The summed E-state index contributed by atoms with van der Waals surface area (Å²) in [5.74, 6) is 0.